The number of hydrogen-bond donors (Lipinski definition) is 2. The van der Waals surface area contributed by atoms with Crippen molar-refractivity contribution >= 4 is 5.91 Å². The standard InChI is InChI=1S/C19H28N2O2/c1-3-23-18-10-13(2)8-9-15(18)12-20-19(22)17-11-14-6-4-5-7-16(14)21-17/h8-10,14,16-17,21H,3-7,11-12H2,1-2H3,(H,20,22). The molecule has 0 spiro atoms. The number of nitrogens with one attached hydrogen (secondary N) is 2. The molecule has 2 fully saturated rings. The molecule has 23 heavy (non-hydrogen) atoms. The number of rotatable bonds is 5. The normalized spacial score (nSPS) is 26.6. The fourth-order valence-electron chi connectivity index (χ4n) is 3.92. The maximum Gasteiger partial charge on any atom is 0.237 e. The Kier molecular flexibility index (Phi) is 5.21. The monoisotopic (exact) mass is 316 g/mol. The Hall–Kier alpha value is -1.55. The number of carbonyl (C=O) groups is 1. The first-order valence-corrected chi connectivity index (χ1v) is 8.93. The van der Waals surface area contributed by atoms with Crippen LogP contribution in [-0.4, -0.2) is 24.6 Å². The minimum absolute atomic E-state index is 0.0240. The van der Waals surface area contributed by atoms with E-state index >= 15 is 0 Å². The molecule has 0 radical (unpaired) electrons. The van der Waals surface area contributed by atoms with Crippen LogP contribution < -0.4 is 15.4 Å². The molecule has 3 atom stereocenters. The van der Waals surface area contributed by atoms with E-state index in [9.17, 15) is 4.79 Å². The average Bonchev–Trinajstić information content (AvgIpc) is 2.98. The molecule has 1 aromatic carbocycles. The number of fused-ring (bicyclic) bond motifs is 1. The maximum atomic E-state index is 12.5. The van der Waals surface area contributed by atoms with E-state index in [0.29, 0.717) is 25.1 Å². The smallest absolute Gasteiger partial charge is 0.237 e. The number of ether oxygens (including phenoxy) is 1. The van der Waals surface area contributed by atoms with E-state index in [4.69, 9.17) is 4.74 Å². The molecular formula is C19H28N2O2. The second-order valence-electron chi connectivity index (χ2n) is 6.87. The van der Waals surface area contributed by atoms with Crippen molar-refractivity contribution in [2.24, 2.45) is 5.92 Å². The van der Waals surface area contributed by atoms with Gasteiger partial charge in [-0.1, -0.05) is 25.0 Å². The quantitative estimate of drug-likeness (QED) is 0.878. The molecule has 1 aliphatic heterocycles. The zero-order valence-electron chi connectivity index (χ0n) is 14.2. The lowest BCUT2D eigenvalue weighted by molar-refractivity contribution is -0.123. The third kappa shape index (κ3) is 3.86. The van der Waals surface area contributed by atoms with Crippen molar-refractivity contribution in [3.63, 3.8) is 0 Å². The summed E-state index contributed by atoms with van der Waals surface area (Å²) in [5.74, 6) is 1.70. The SMILES string of the molecule is CCOc1cc(C)ccc1CNC(=O)C1CC2CCCCC2N1. The second kappa shape index (κ2) is 7.35. The Morgan fingerprint density at radius 3 is 2.96 bits per heavy atom. The van der Waals surface area contributed by atoms with Crippen molar-refractivity contribution in [3.05, 3.63) is 29.3 Å². The van der Waals surface area contributed by atoms with Crippen LogP contribution in [0.15, 0.2) is 18.2 Å². The summed E-state index contributed by atoms with van der Waals surface area (Å²) in [5.41, 5.74) is 2.21. The third-order valence-electron chi connectivity index (χ3n) is 5.15. The minimum atomic E-state index is -0.0240. The van der Waals surface area contributed by atoms with E-state index in [1.54, 1.807) is 0 Å². The third-order valence-corrected chi connectivity index (χ3v) is 5.15. The summed E-state index contributed by atoms with van der Waals surface area (Å²) in [6.07, 6.45) is 6.10. The molecule has 1 heterocycles. The van der Waals surface area contributed by atoms with Crippen molar-refractivity contribution in [3.8, 4) is 5.75 Å². The molecule has 1 aliphatic carbocycles. The first-order valence-electron chi connectivity index (χ1n) is 8.93. The molecule has 0 bridgehead atoms. The van der Waals surface area contributed by atoms with Gasteiger partial charge in [-0.2, -0.15) is 0 Å². The second-order valence-corrected chi connectivity index (χ2v) is 6.87. The summed E-state index contributed by atoms with van der Waals surface area (Å²) < 4.78 is 5.69. The molecular weight excluding hydrogens is 288 g/mol. The highest BCUT2D eigenvalue weighted by Gasteiger charge is 2.38. The van der Waals surface area contributed by atoms with Gasteiger partial charge in [0.05, 0.1) is 12.6 Å². The lowest BCUT2D eigenvalue weighted by Crippen LogP contribution is -2.42. The van der Waals surface area contributed by atoms with Crippen molar-refractivity contribution in [1.29, 1.82) is 0 Å². The largest absolute Gasteiger partial charge is 0.494 e. The highest BCUT2D eigenvalue weighted by Crippen LogP contribution is 2.33. The topological polar surface area (TPSA) is 50.4 Å². The number of aryl methyl sites for hydroxylation is 1. The lowest BCUT2D eigenvalue weighted by atomic mass is 9.85. The van der Waals surface area contributed by atoms with Gasteiger partial charge in [-0.15, -0.1) is 0 Å². The molecule has 4 heteroatoms. The van der Waals surface area contributed by atoms with Gasteiger partial charge >= 0.3 is 0 Å². The van der Waals surface area contributed by atoms with Gasteiger partial charge in [0.2, 0.25) is 5.91 Å². The van der Waals surface area contributed by atoms with Crippen LogP contribution >= 0.6 is 0 Å². The molecule has 2 N–H and O–H groups in total. The van der Waals surface area contributed by atoms with Crippen LogP contribution in [-0.2, 0) is 11.3 Å². The van der Waals surface area contributed by atoms with E-state index in [-0.39, 0.29) is 11.9 Å². The first-order chi connectivity index (χ1) is 11.2. The summed E-state index contributed by atoms with van der Waals surface area (Å²) in [5, 5.41) is 6.62. The zero-order valence-corrected chi connectivity index (χ0v) is 14.2. The fraction of sp³-hybridized carbons (Fsp3) is 0.632. The van der Waals surface area contributed by atoms with Crippen LogP contribution in [0, 0.1) is 12.8 Å². The predicted molar refractivity (Wildman–Crippen MR) is 91.5 cm³/mol. The van der Waals surface area contributed by atoms with E-state index in [2.05, 4.69) is 23.6 Å². The summed E-state index contributed by atoms with van der Waals surface area (Å²) in [7, 11) is 0. The fourth-order valence-corrected chi connectivity index (χ4v) is 3.92. The molecule has 0 aromatic heterocycles. The molecule has 1 amide bonds. The van der Waals surface area contributed by atoms with Crippen LogP contribution in [0.4, 0.5) is 0 Å². The molecule has 2 aliphatic rings. The van der Waals surface area contributed by atoms with E-state index in [0.717, 1.165) is 17.7 Å². The van der Waals surface area contributed by atoms with Crippen molar-refractivity contribution in [2.75, 3.05) is 6.61 Å². The van der Waals surface area contributed by atoms with Gasteiger partial charge in [0.25, 0.3) is 0 Å². The van der Waals surface area contributed by atoms with Gasteiger partial charge in [-0.3, -0.25) is 4.79 Å². The Labute approximate surface area is 139 Å². The number of carbonyl (C=O) groups excluding carboxylic acids is 1. The highest BCUT2D eigenvalue weighted by atomic mass is 16.5. The Bertz CT molecular complexity index is 544. The van der Waals surface area contributed by atoms with Gasteiger partial charge < -0.3 is 15.4 Å². The minimum Gasteiger partial charge on any atom is -0.494 e. The number of benzene rings is 1. The van der Waals surface area contributed by atoms with Crippen LogP contribution in [0.5, 0.6) is 5.75 Å². The predicted octanol–water partition coefficient (Wildman–Crippen LogP) is 2.93. The summed E-state index contributed by atoms with van der Waals surface area (Å²) in [6.45, 7) is 5.20. The maximum absolute atomic E-state index is 12.5. The molecule has 126 valence electrons. The van der Waals surface area contributed by atoms with Crippen molar-refractivity contribution in [1.82, 2.24) is 10.6 Å². The van der Waals surface area contributed by atoms with Crippen LogP contribution in [0.2, 0.25) is 0 Å². The van der Waals surface area contributed by atoms with Crippen LogP contribution in [0.25, 0.3) is 0 Å². The van der Waals surface area contributed by atoms with Crippen LogP contribution in [0.1, 0.15) is 50.2 Å². The first kappa shape index (κ1) is 16.3. The van der Waals surface area contributed by atoms with E-state index in [1.807, 2.05) is 19.1 Å². The average molecular weight is 316 g/mol. The molecule has 4 nitrogen and oxygen atoms in total. The highest BCUT2D eigenvalue weighted by molar-refractivity contribution is 5.82. The molecule has 1 saturated heterocycles. The lowest BCUT2D eigenvalue weighted by Gasteiger charge is -2.24. The summed E-state index contributed by atoms with van der Waals surface area (Å²) >= 11 is 0. The molecule has 3 unspecified atom stereocenters. The van der Waals surface area contributed by atoms with Crippen molar-refractivity contribution < 1.29 is 9.53 Å². The van der Waals surface area contributed by atoms with Gasteiger partial charge in [0.1, 0.15) is 5.75 Å². The van der Waals surface area contributed by atoms with Gasteiger partial charge in [-0.05, 0) is 50.7 Å². The Balaban J connectivity index is 1.57. The molecule has 3 rings (SSSR count). The molecule has 1 saturated carbocycles. The van der Waals surface area contributed by atoms with Crippen LogP contribution in [0.3, 0.4) is 0 Å². The van der Waals surface area contributed by atoms with Gasteiger partial charge in [0, 0.05) is 18.2 Å². The summed E-state index contributed by atoms with van der Waals surface area (Å²) in [4.78, 5) is 12.5. The van der Waals surface area contributed by atoms with Crippen molar-refractivity contribution in [2.45, 2.75) is 64.6 Å². The van der Waals surface area contributed by atoms with Gasteiger partial charge in [-0.25, -0.2) is 0 Å². The number of hydrogen-bond acceptors (Lipinski definition) is 3. The molecule has 1 aromatic rings. The zero-order chi connectivity index (χ0) is 16.2. The van der Waals surface area contributed by atoms with Gasteiger partial charge in [0.15, 0.2) is 0 Å². The van der Waals surface area contributed by atoms with E-state index in [1.165, 1.54) is 31.2 Å². The Morgan fingerprint density at radius 1 is 1.35 bits per heavy atom. The number of amides is 1. The van der Waals surface area contributed by atoms with E-state index < -0.39 is 0 Å². The summed E-state index contributed by atoms with van der Waals surface area (Å²) in [6, 6.07) is 6.67. The Morgan fingerprint density at radius 2 is 2.17 bits per heavy atom.